The van der Waals surface area contributed by atoms with E-state index in [0.29, 0.717) is 18.5 Å². The van der Waals surface area contributed by atoms with E-state index in [1.807, 2.05) is 25.1 Å². The van der Waals surface area contributed by atoms with Crippen LogP contribution in [0.15, 0.2) is 24.5 Å². The standard InChI is InChI=1S/C15H17N5O/c1-9-10(2)19-13-4-3-11(7-12(9)13)15(21)16-6-5-14-17-8-18-20-14/h3-4,7-8,19H,5-6H2,1-2H3,(H,16,21)(H,17,18,20). The molecule has 1 aromatic carbocycles. The molecule has 0 saturated carbocycles. The lowest BCUT2D eigenvalue weighted by atomic mass is 10.1. The van der Waals surface area contributed by atoms with Gasteiger partial charge in [0.25, 0.3) is 5.91 Å². The Morgan fingerprint density at radius 2 is 2.19 bits per heavy atom. The summed E-state index contributed by atoms with van der Waals surface area (Å²) in [4.78, 5) is 19.5. The van der Waals surface area contributed by atoms with Gasteiger partial charge in [0.05, 0.1) is 0 Å². The highest BCUT2D eigenvalue weighted by Crippen LogP contribution is 2.22. The van der Waals surface area contributed by atoms with Gasteiger partial charge in [-0.25, -0.2) is 4.98 Å². The van der Waals surface area contributed by atoms with Crippen LogP contribution in [0.3, 0.4) is 0 Å². The molecule has 0 unspecified atom stereocenters. The number of hydrogen-bond acceptors (Lipinski definition) is 3. The fraction of sp³-hybridized carbons (Fsp3) is 0.267. The number of aromatic nitrogens is 4. The average molecular weight is 283 g/mol. The van der Waals surface area contributed by atoms with Crippen LogP contribution in [-0.2, 0) is 6.42 Å². The molecule has 0 bridgehead atoms. The van der Waals surface area contributed by atoms with Crippen molar-refractivity contribution in [2.45, 2.75) is 20.3 Å². The molecule has 0 aliphatic carbocycles. The van der Waals surface area contributed by atoms with Crippen molar-refractivity contribution in [2.75, 3.05) is 6.54 Å². The largest absolute Gasteiger partial charge is 0.358 e. The summed E-state index contributed by atoms with van der Waals surface area (Å²) in [5, 5.41) is 10.5. The second-order valence-electron chi connectivity index (χ2n) is 5.07. The van der Waals surface area contributed by atoms with Gasteiger partial charge in [0.1, 0.15) is 12.2 Å². The fourth-order valence-corrected chi connectivity index (χ4v) is 2.35. The van der Waals surface area contributed by atoms with Crippen LogP contribution in [0.2, 0.25) is 0 Å². The molecule has 6 nitrogen and oxygen atoms in total. The molecule has 2 heterocycles. The van der Waals surface area contributed by atoms with E-state index in [2.05, 4.69) is 32.4 Å². The number of H-pyrrole nitrogens is 2. The van der Waals surface area contributed by atoms with Gasteiger partial charge < -0.3 is 10.3 Å². The van der Waals surface area contributed by atoms with Gasteiger partial charge in [0.2, 0.25) is 0 Å². The van der Waals surface area contributed by atoms with Crippen molar-refractivity contribution in [1.29, 1.82) is 0 Å². The normalized spacial score (nSPS) is 11.0. The number of fused-ring (bicyclic) bond motifs is 1. The second-order valence-corrected chi connectivity index (χ2v) is 5.07. The lowest BCUT2D eigenvalue weighted by Gasteiger charge is -2.04. The van der Waals surface area contributed by atoms with Crippen LogP contribution >= 0.6 is 0 Å². The number of aryl methyl sites for hydroxylation is 2. The third kappa shape index (κ3) is 2.65. The number of carbonyl (C=O) groups excluding carboxylic acids is 1. The quantitative estimate of drug-likeness (QED) is 0.683. The third-order valence-electron chi connectivity index (χ3n) is 3.68. The van der Waals surface area contributed by atoms with Gasteiger partial charge in [-0.1, -0.05) is 0 Å². The zero-order valence-corrected chi connectivity index (χ0v) is 12.0. The SMILES string of the molecule is Cc1[nH]c2ccc(C(=O)NCCc3ncn[nH]3)cc2c1C. The molecule has 21 heavy (non-hydrogen) atoms. The van der Waals surface area contributed by atoms with E-state index in [4.69, 9.17) is 0 Å². The Bertz CT molecular complexity index is 773. The van der Waals surface area contributed by atoms with Crippen molar-refractivity contribution in [1.82, 2.24) is 25.5 Å². The molecule has 0 fully saturated rings. The fourth-order valence-electron chi connectivity index (χ4n) is 2.35. The minimum atomic E-state index is -0.0744. The molecule has 0 aliphatic heterocycles. The molecule has 3 aromatic rings. The zero-order chi connectivity index (χ0) is 14.8. The predicted octanol–water partition coefficient (Wildman–Crippen LogP) is 1.88. The van der Waals surface area contributed by atoms with Crippen LogP contribution < -0.4 is 5.32 Å². The summed E-state index contributed by atoms with van der Waals surface area (Å²) < 4.78 is 0. The molecule has 0 spiro atoms. The van der Waals surface area contributed by atoms with Crippen LogP contribution in [0.4, 0.5) is 0 Å². The summed E-state index contributed by atoms with van der Waals surface area (Å²) in [6.07, 6.45) is 2.10. The van der Waals surface area contributed by atoms with Crippen molar-refractivity contribution >= 4 is 16.8 Å². The zero-order valence-electron chi connectivity index (χ0n) is 12.0. The van der Waals surface area contributed by atoms with Gasteiger partial charge in [-0.3, -0.25) is 9.89 Å². The summed E-state index contributed by atoms with van der Waals surface area (Å²) in [6, 6.07) is 5.71. The van der Waals surface area contributed by atoms with Gasteiger partial charge in [0.15, 0.2) is 0 Å². The van der Waals surface area contributed by atoms with E-state index in [0.717, 1.165) is 22.4 Å². The van der Waals surface area contributed by atoms with Crippen LogP contribution in [0.25, 0.3) is 10.9 Å². The molecule has 0 aliphatic rings. The predicted molar refractivity (Wildman–Crippen MR) is 80.2 cm³/mol. The van der Waals surface area contributed by atoms with Crippen molar-refractivity contribution in [3.63, 3.8) is 0 Å². The second kappa shape index (κ2) is 5.40. The van der Waals surface area contributed by atoms with Crippen LogP contribution in [0.5, 0.6) is 0 Å². The molecule has 1 amide bonds. The Hall–Kier alpha value is -2.63. The van der Waals surface area contributed by atoms with E-state index in [1.165, 1.54) is 11.9 Å². The van der Waals surface area contributed by atoms with Crippen LogP contribution in [0.1, 0.15) is 27.4 Å². The first-order chi connectivity index (χ1) is 10.1. The van der Waals surface area contributed by atoms with E-state index < -0.39 is 0 Å². The Morgan fingerprint density at radius 3 is 2.95 bits per heavy atom. The number of rotatable bonds is 4. The van der Waals surface area contributed by atoms with Crippen molar-refractivity contribution in [2.24, 2.45) is 0 Å². The molecular formula is C15H17N5O. The number of nitrogens with one attached hydrogen (secondary N) is 3. The number of nitrogens with zero attached hydrogens (tertiary/aromatic N) is 2. The highest BCUT2D eigenvalue weighted by molar-refractivity contribution is 5.99. The molecule has 0 radical (unpaired) electrons. The van der Waals surface area contributed by atoms with Gasteiger partial charge >= 0.3 is 0 Å². The monoisotopic (exact) mass is 283 g/mol. The summed E-state index contributed by atoms with van der Waals surface area (Å²) in [7, 11) is 0. The lowest BCUT2D eigenvalue weighted by Crippen LogP contribution is -2.25. The first-order valence-corrected chi connectivity index (χ1v) is 6.86. The molecule has 0 saturated heterocycles. The van der Waals surface area contributed by atoms with Crippen molar-refractivity contribution in [3.8, 4) is 0 Å². The Labute approximate surface area is 122 Å². The Kier molecular flexibility index (Phi) is 3.43. The van der Waals surface area contributed by atoms with Crippen molar-refractivity contribution in [3.05, 3.63) is 47.2 Å². The first kappa shape index (κ1) is 13.4. The summed E-state index contributed by atoms with van der Waals surface area (Å²) in [6.45, 7) is 4.61. The number of benzene rings is 1. The maximum absolute atomic E-state index is 12.2. The molecule has 2 aromatic heterocycles. The van der Waals surface area contributed by atoms with Gasteiger partial charge in [0, 0.05) is 35.1 Å². The number of aromatic amines is 2. The smallest absolute Gasteiger partial charge is 0.251 e. The van der Waals surface area contributed by atoms with Crippen LogP contribution in [0, 0.1) is 13.8 Å². The molecular weight excluding hydrogens is 266 g/mol. The number of amides is 1. The average Bonchev–Trinajstić information content (AvgIpc) is 3.08. The highest BCUT2D eigenvalue weighted by atomic mass is 16.1. The molecule has 0 atom stereocenters. The maximum atomic E-state index is 12.2. The number of hydrogen-bond donors (Lipinski definition) is 3. The van der Waals surface area contributed by atoms with Gasteiger partial charge in [-0.05, 0) is 37.6 Å². The van der Waals surface area contributed by atoms with Crippen LogP contribution in [-0.4, -0.2) is 32.6 Å². The molecule has 3 rings (SSSR count). The molecule has 6 heteroatoms. The van der Waals surface area contributed by atoms with E-state index in [1.54, 1.807) is 0 Å². The van der Waals surface area contributed by atoms with E-state index in [9.17, 15) is 4.79 Å². The van der Waals surface area contributed by atoms with E-state index in [-0.39, 0.29) is 5.91 Å². The molecule has 108 valence electrons. The Balaban J connectivity index is 1.70. The summed E-state index contributed by atoms with van der Waals surface area (Å²) >= 11 is 0. The Morgan fingerprint density at radius 1 is 1.33 bits per heavy atom. The summed E-state index contributed by atoms with van der Waals surface area (Å²) in [5.41, 5.74) is 4.04. The van der Waals surface area contributed by atoms with Crippen molar-refractivity contribution < 1.29 is 4.79 Å². The third-order valence-corrected chi connectivity index (χ3v) is 3.68. The maximum Gasteiger partial charge on any atom is 0.251 e. The number of carbonyl (C=O) groups is 1. The minimum Gasteiger partial charge on any atom is -0.358 e. The highest BCUT2D eigenvalue weighted by Gasteiger charge is 2.09. The van der Waals surface area contributed by atoms with Gasteiger partial charge in [-0.15, -0.1) is 0 Å². The summed E-state index contributed by atoms with van der Waals surface area (Å²) in [5.74, 6) is 0.692. The topological polar surface area (TPSA) is 86.5 Å². The molecule has 3 N–H and O–H groups in total. The lowest BCUT2D eigenvalue weighted by molar-refractivity contribution is 0.0954. The minimum absolute atomic E-state index is 0.0744. The van der Waals surface area contributed by atoms with Gasteiger partial charge in [-0.2, -0.15) is 5.10 Å². The first-order valence-electron chi connectivity index (χ1n) is 6.86. The van der Waals surface area contributed by atoms with E-state index >= 15 is 0 Å².